The summed E-state index contributed by atoms with van der Waals surface area (Å²) < 4.78 is 5.27. The first-order valence-electron chi connectivity index (χ1n) is 7.20. The van der Waals surface area contributed by atoms with E-state index < -0.39 is 0 Å². The number of aliphatic hydroxyl groups excluding tert-OH is 1. The Kier molecular flexibility index (Phi) is 5.64. The molecule has 1 saturated heterocycles. The minimum Gasteiger partial charge on any atom is -0.497 e. The molecule has 0 spiro atoms. The van der Waals surface area contributed by atoms with E-state index in [0.717, 1.165) is 44.9 Å². The predicted molar refractivity (Wildman–Crippen MR) is 81.3 cm³/mol. The van der Waals surface area contributed by atoms with Crippen LogP contribution < -0.4 is 15.4 Å². The SMILES string of the molecule is COc1cccc(N2CCN(CCC(N)CO)CC2)c1. The lowest BCUT2D eigenvalue weighted by molar-refractivity contribution is 0.217. The number of hydrogen-bond donors (Lipinski definition) is 2. The number of hydrogen-bond acceptors (Lipinski definition) is 5. The fraction of sp³-hybridized carbons (Fsp3) is 0.600. The molecular weight excluding hydrogens is 254 g/mol. The van der Waals surface area contributed by atoms with Gasteiger partial charge in [0.15, 0.2) is 0 Å². The fourth-order valence-corrected chi connectivity index (χ4v) is 2.48. The fourth-order valence-electron chi connectivity index (χ4n) is 2.48. The van der Waals surface area contributed by atoms with Crippen LogP contribution in [0, 0.1) is 0 Å². The summed E-state index contributed by atoms with van der Waals surface area (Å²) in [5, 5.41) is 8.94. The molecule has 3 N–H and O–H groups in total. The molecule has 1 fully saturated rings. The van der Waals surface area contributed by atoms with Crippen molar-refractivity contribution in [2.75, 3.05) is 51.3 Å². The summed E-state index contributed by atoms with van der Waals surface area (Å²) in [6.07, 6.45) is 0.857. The molecule has 0 radical (unpaired) electrons. The third kappa shape index (κ3) is 4.10. The number of nitrogens with two attached hydrogens (primary N) is 1. The molecule has 0 amide bonds. The number of piperazine rings is 1. The second kappa shape index (κ2) is 7.47. The first-order chi connectivity index (χ1) is 9.72. The van der Waals surface area contributed by atoms with E-state index in [1.165, 1.54) is 5.69 Å². The van der Waals surface area contributed by atoms with E-state index in [1.807, 2.05) is 12.1 Å². The van der Waals surface area contributed by atoms with Crippen LogP contribution in [0.25, 0.3) is 0 Å². The van der Waals surface area contributed by atoms with Gasteiger partial charge in [-0.15, -0.1) is 0 Å². The van der Waals surface area contributed by atoms with Crippen LogP contribution in [0.2, 0.25) is 0 Å². The van der Waals surface area contributed by atoms with Gasteiger partial charge in [-0.3, -0.25) is 4.90 Å². The van der Waals surface area contributed by atoms with Crippen LogP contribution in [-0.4, -0.2) is 62.5 Å². The normalized spacial score (nSPS) is 18.1. The van der Waals surface area contributed by atoms with Crippen LogP contribution >= 0.6 is 0 Å². The monoisotopic (exact) mass is 279 g/mol. The Morgan fingerprint density at radius 3 is 2.70 bits per heavy atom. The second-order valence-corrected chi connectivity index (χ2v) is 5.26. The number of ether oxygens (including phenoxy) is 1. The summed E-state index contributed by atoms with van der Waals surface area (Å²) in [7, 11) is 1.70. The van der Waals surface area contributed by atoms with Crippen molar-refractivity contribution in [1.82, 2.24) is 4.90 Å². The maximum absolute atomic E-state index is 8.94. The zero-order valence-corrected chi connectivity index (χ0v) is 12.2. The maximum atomic E-state index is 8.94. The summed E-state index contributed by atoms with van der Waals surface area (Å²) in [4.78, 5) is 4.79. The Labute approximate surface area is 120 Å². The van der Waals surface area contributed by atoms with Crippen molar-refractivity contribution in [2.45, 2.75) is 12.5 Å². The second-order valence-electron chi connectivity index (χ2n) is 5.26. The topological polar surface area (TPSA) is 62.0 Å². The highest BCUT2D eigenvalue weighted by Crippen LogP contribution is 2.22. The van der Waals surface area contributed by atoms with Gasteiger partial charge in [-0.1, -0.05) is 6.07 Å². The van der Waals surface area contributed by atoms with Crippen molar-refractivity contribution in [3.8, 4) is 5.75 Å². The van der Waals surface area contributed by atoms with E-state index in [2.05, 4.69) is 21.9 Å². The standard InChI is InChI=1S/C15H25N3O2/c1-20-15-4-2-3-14(11-15)18-9-7-17(8-10-18)6-5-13(16)12-19/h2-4,11,13,19H,5-10,12,16H2,1H3. The van der Waals surface area contributed by atoms with E-state index >= 15 is 0 Å². The van der Waals surface area contributed by atoms with Crippen LogP contribution in [0.15, 0.2) is 24.3 Å². The van der Waals surface area contributed by atoms with E-state index in [0.29, 0.717) is 0 Å². The summed E-state index contributed by atoms with van der Waals surface area (Å²) in [6.45, 7) is 5.14. The Balaban J connectivity index is 1.81. The summed E-state index contributed by atoms with van der Waals surface area (Å²) in [5.41, 5.74) is 6.96. The number of benzene rings is 1. The molecule has 1 aromatic carbocycles. The average Bonchev–Trinajstić information content (AvgIpc) is 2.53. The molecule has 1 heterocycles. The first-order valence-corrected chi connectivity index (χ1v) is 7.20. The number of aliphatic hydroxyl groups is 1. The molecule has 0 aliphatic carbocycles. The molecule has 0 aromatic heterocycles. The lowest BCUT2D eigenvalue weighted by atomic mass is 10.2. The Morgan fingerprint density at radius 2 is 2.05 bits per heavy atom. The van der Waals surface area contributed by atoms with Crippen molar-refractivity contribution in [1.29, 1.82) is 0 Å². The molecule has 0 bridgehead atoms. The molecule has 5 heteroatoms. The molecule has 1 aliphatic heterocycles. The van der Waals surface area contributed by atoms with Gasteiger partial charge in [-0.05, 0) is 25.1 Å². The van der Waals surface area contributed by atoms with E-state index in [9.17, 15) is 0 Å². The smallest absolute Gasteiger partial charge is 0.120 e. The summed E-state index contributed by atoms with van der Waals surface area (Å²) in [5.74, 6) is 0.902. The Morgan fingerprint density at radius 1 is 1.30 bits per heavy atom. The minimum atomic E-state index is -0.0913. The van der Waals surface area contributed by atoms with Crippen LogP contribution in [0.4, 0.5) is 5.69 Å². The Hall–Kier alpha value is -1.30. The minimum absolute atomic E-state index is 0.0732. The number of methoxy groups -OCH3 is 1. The molecule has 5 nitrogen and oxygen atoms in total. The van der Waals surface area contributed by atoms with Crippen molar-refractivity contribution < 1.29 is 9.84 Å². The quantitative estimate of drug-likeness (QED) is 0.795. The van der Waals surface area contributed by atoms with E-state index in [1.54, 1.807) is 7.11 Å². The molecule has 112 valence electrons. The molecule has 1 atom stereocenters. The number of rotatable bonds is 6. The Bertz CT molecular complexity index is 406. The molecule has 1 unspecified atom stereocenters. The zero-order valence-electron chi connectivity index (χ0n) is 12.2. The highest BCUT2D eigenvalue weighted by atomic mass is 16.5. The molecule has 0 saturated carbocycles. The molecule has 1 aliphatic rings. The summed E-state index contributed by atoms with van der Waals surface area (Å²) in [6, 6.07) is 8.11. The van der Waals surface area contributed by atoms with Crippen LogP contribution in [-0.2, 0) is 0 Å². The lowest BCUT2D eigenvalue weighted by Crippen LogP contribution is -2.47. The van der Waals surface area contributed by atoms with Gasteiger partial charge >= 0.3 is 0 Å². The predicted octanol–water partition coefficient (Wildman–Crippen LogP) is 0.527. The van der Waals surface area contributed by atoms with E-state index in [-0.39, 0.29) is 12.6 Å². The molecule has 2 rings (SSSR count). The van der Waals surface area contributed by atoms with Crippen molar-refractivity contribution in [3.63, 3.8) is 0 Å². The van der Waals surface area contributed by atoms with Gasteiger partial charge in [0.05, 0.1) is 13.7 Å². The first kappa shape index (κ1) is 15.1. The zero-order chi connectivity index (χ0) is 14.4. The third-order valence-corrected chi connectivity index (χ3v) is 3.84. The van der Waals surface area contributed by atoms with Crippen LogP contribution in [0.3, 0.4) is 0 Å². The maximum Gasteiger partial charge on any atom is 0.120 e. The molecular formula is C15H25N3O2. The largest absolute Gasteiger partial charge is 0.497 e. The van der Waals surface area contributed by atoms with Gasteiger partial charge < -0.3 is 20.5 Å². The van der Waals surface area contributed by atoms with Crippen molar-refractivity contribution in [2.24, 2.45) is 5.73 Å². The van der Waals surface area contributed by atoms with E-state index in [4.69, 9.17) is 15.6 Å². The highest BCUT2D eigenvalue weighted by Gasteiger charge is 2.17. The third-order valence-electron chi connectivity index (χ3n) is 3.84. The van der Waals surface area contributed by atoms with Crippen molar-refractivity contribution in [3.05, 3.63) is 24.3 Å². The number of nitrogens with zero attached hydrogens (tertiary/aromatic N) is 2. The molecule has 1 aromatic rings. The van der Waals surface area contributed by atoms with Gasteiger partial charge in [0, 0.05) is 44.0 Å². The van der Waals surface area contributed by atoms with Crippen molar-refractivity contribution >= 4 is 5.69 Å². The average molecular weight is 279 g/mol. The number of anilines is 1. The lowest BCUT2D eigenvalue weighted by Gasteiger charge is -2.36. The van der Waals surface area contributed by atoms with Gasteiger partial charge in [0.2, 0.25) is 0 Å². The van der Waals surface area contributed by atoms with Crippen LogP contribution in [0.1, 0.15) is 6.42 Å². The summed E-state index contributed by atoms with van der Waals surface area (Å²) >= 11 is 0. The molecule has 20 heavy (non-hydrogen) atoms. The van der Waals surface area contributed by atoms with Crippen LogP contribution in [0.5, 0.6) is 5.75 Å². The van der Waals surface area contributed by atoms with Gasteiger partial charge in [-0.2, -0.15) is 0 Å². The van der Waals surface area contributed by atoms with Gasteiger partial charge in [0.25, 0.3) is 0 Å². The van der Waals surface area contributed by atoms with Gasteiger partial charge in [-0.25, -0.2) is 0 Å². The highest BCUT2D eigenvalue weighted by molar-refractivity contribution is 5.51. The van der Waals surface area contributed by atoms with Gasteiger partial charge in [0.1, 0.15) is 5.75 Å².